The summed E-state index contributed by atoms with van der Waals surface area (Å²) in [6, 6.07) is 24.6. The molecule has 0 aliphatic carbocycles. The molecule has 1 aliphatic rings. The zero-order valence-corrected chi connectivity index (χ0v) is 20.7. The van der Waals surface area contributed by atoms with Crippen LogP contribution in [0.4, 0.5) is 5.69 Å². The molecule has 2 heterocycles. The number of nitrogens with zero attached hydrogens (tertiary/aromatic N) is 4. The van der Waals surface area contributed by atoms with Gasteiger partial charge in [-0.05, 0) is 54.6 Å². The van der Waals surface area contributed by atoms with Crippen molar-refractivity contribution < 1.29 is 9.53 Å². The van der Waals surface area contributed by atoms with Crippen LogP contribution in [0.3, 0.4) is 0 Å². The number of amides is 1. The monoisotopic (exact) mass is 506 g/mol. The summed E-state index contributed by atoms with van der Waals surface area (Å²) in [4.78, 5) is 17.8. The van der Waals surface area contributed by atoms with Crippen molar-refractivity contribution in [3.63, 3.8) is 0 Å². The molecule has 0 atom stereocenters. The SMILES string of the molecule is COc1ccc(-n2nc(-c3ccccc3Cl)cc2C(=O)N2CCN(c3cccc(Cl)c3)CC2)cc1. The number of carbonyl (C=O) groups is 1. The lowest BCUT2D eigenvalue weighted by atomic mass is 10.1. The predicted octanol–water partition coefficient (Wildman–Crippen LogP) is 5.82. The first-order chi connectivity index (χ1) is 17.0. The molecule has 4 aromatic rings. The van der Waals surface area contributed by atoms with E-state index in [1.807, 2.05) is 83.8 Å². The van der Waals surface area contributed by atoms with E-state index < -0.39 is 0 Å². The van der Waals surface area contributed by atoms with Crippen LogP contribution >= 0.6 is 23.2 Å². The Balaban J connectivity index is 1.44. The van der Waals surface area contributed by atoms with Crippen LogP contribution in [0.15, 0.2) is 78.9 Å². The fourth-order valence-corrected chi connectivity index (χ4v) is 4.67. The molecule has 6 nitrogen and oxygen atoms in total. The summed E-state index contributed by atoms with van der Waals surface area (Å²) in [5, 5.41) is 6.06. The molecule has 1 aliphatic heterocycles. The molecular formula is C27H24Cl2N4O2. The molecule has 0 saturated carbocycles. The quantitative estimate of drug-likeness (QED) is 0.342. The number of carbonyl (C=O) groups excluding carboxylic acids is 1. The van der Waals surface area contributed by atoms with Gasteiger partial charge in [0.2, 0.25) is 0 Å². The van der Waals surface area contributed by atoms with Crippen molar-refractivity contribution in [2.75, 3.05) is 38.2 Å². The Morgan fingerprint density at radius 3 is 2.29 bits per heavy atom. The van der Waals surface area contributed by atoms with E-state index in [9.17, 15) is 4.79 Å². The molecule has 178 valence electrons. The van der Waals surface area contributed by atoms with Crippen molar-refractivity contribution in [2.45, 2.75) is 0 Å². The second-order valence-corrected chi connectivity index (χ2v) is 9.11. The number of rotatable bonds is 5. The summed E-state index contributed by atoms with van der Waals surface area (Å²) in [5.74, 6) is 0.662. The van der Waals surface area contributed by atoms with E-state index in [1.165, 1.54) is 0 Å². The highest BCUT2D eigenvalue weighted by Crippen LogP contribution is 2.29. The minimum atomic E-state index is -0.0719. The molecule has 0 spiro atoms. The molecule has 5 rings (SSSR count). The second kappa shape index (κ2) is 10.0. The second-order valence-electron chi connectivity index (χ2n) is 8.26. The predicted molar refractivity (Wildman–Crippen MR) is 140 cm³/mol. The lowest BCUT2D eigenvalue weighted by Gasteiger charge is -2.36. The van der Waals surface area contributed by atoms with Gasteiger partial charge in [-0.3, -0.25) is 4.79 Å². The van der Waals surface area contributed by atoms with E-state index in [4.69, 9.17) is 33.0 Å². The summed E-state index contributed by atoms with van der Waals surface area (Å²) in [7, 11) is 1.62. The minimum Gasteiger partial charge on any atom is -0.497 e. The zero-order valence-electron chi connectivity index (χ0n) is 19.2. The van der Waals surface area contributed by atoms with Gasteiger partial charge in [-0.2, -0.15) is 5.10 Å². The number of anilines is 1. The zero-order chi connectivity index (χ0) is 24.4. The number of methoxy groups -OCH3 is 1. The van der Waals surface area contributed by atoms with Gasteiger partial charge in [-0.15, -0.1) is 0 Å². The molecule has 35 heavy (non-hydrogen) atoms. The Hall–Kier alpha value is -3.48. The van der Waals surface area contributed by atoms with Gasteiger partial charge < -0.3 is 14.5 Å². The molecule has 1 fully saturated rings. The standard InChI is InChI=1S/C27H24Cl2N4O2/c1-35-22-11-9-20(10-12-22)33-26(18-25(30-33)23-7-2-3-8-24(23)29)27(34)32-15-13-31(14-16-32)21-6-4-5-19(28)17-21/h2-12,17-18H,13-16H2,1H3. The van der Waals surface area contributed by atoms with Crippen LogP contribution in [0.1, 0.15) is 10.5 Å². The summed E-state index contributed by atoms with van der Waals surface area (Å²) in [6.07, 6.45) is 0. The largest absolute Gasteiger partial charge is 0.497 e. The average Bonchev–Trinajstić information content (AvgIpc) is 3.34. The summed E-state index contributed by atoms with van der Waals surface area (Å²) in [5.41, 5.74) is 3.74. The molecular weight excluding hydrogens is 483 g/mol. The first kappa shape index (κ1) is 23.3. The summed E-state index contributed by atoms with van der Waals surface area (Å²) >= 11 is 12.6. The third-order valence-corrected chi connectivity index (χ3v) is 6.70. The number of piperazine rings is 1. The van der Waals surface area contributed by atoms with Crippen LogP contribution in [0.2, 0.25) is 10.0 Å². The molecule has 1 amide bonds. The minimum absolute atomic E-state index is 0.0719. The smallest absolute Gasteiger partial charge is 0.272 e. The normalized spacial score (nSPS) is 13.7. The number of ether oxygens (including phenoxy) is 1. The fraction of sp³-hybridized carbons (Fsp3) is 0.185. The fourth-order valence-electron chi connectivity index (χ4n) is 4.26. The average molecular weight is 507 g/mol. The number of halogens is 2. The van der Waals surface area contributed by atoms with Crippen molar-refractivity contribution in [3.8, 4) is 22.7 Å². The van der Waals surface area contributed by atoms with Crippen molar-refractivity contribution in [1.82, 2.24) is 14.7 Å². The van der Waals surface area contributed by atoms with Crippen LogP contribution < -0.4 is 9.64 Å². The maximum atomic E-state index is 13.7. The Morgan fingerprint density at radius 1 is 0.857 bits per heavy atom. The van der Waals surface area contributed by atoms with Gasteiger partial charge >= 0.3 is 0 Å². The van der Waals surface area contributed by atoms with Crippen LogP contribution in [0.5, 0.6) is 5.75 Å². The van der Waals surface area contributed by atoms with Crippen molar-refractivity contribution in [3.05, 3.63) is 94.6 Å². The number of aromatic nitrogens is 2. The van der Waals surface area contributed by atoms with Crippen LogP contribution in [0.25, 0.3) is 16.9 Å². The molecule has 0 unspecified atom stereocenters. The molecule has 0 N–H and O–H groups in total. The highest BCUT2D eigenvalue weighted by Gasteiger charge is 2.27. The number of hydrogen-bond acceptors (Lipinski definition) is 4. The molecule has 8 heteroatoms. The summed E-state index contributed by atoms with van der Waals surface area (Å²) in [6.45, 7) is 2.64. The number of benzene rings is 3. The molecule has 1 saturated heterocycles. The maximum Gasteiger partial charge on any atom is 0.272 e. The van der Waals surface area contributed by atoms with E-state index in [1.54, 1.807) is 11.8 Å². The van der Waals surface area contributed by atoms with Gasteiger partial charge in [0.1, 0.15) is 11.4 Å². The van der Waals surface area contributed by atoms with E-state index in [0.29, 0.717) is 34.5 Å². The van der Waals surface area contributed by atoms with E-state index >= 15 is 0 Å². The molecule has 0 bridgehead atoms. The van der Waals surface area contributed by atoms with Gasteiger partial charge in [0.05, 0.1) is 23.5 Å². The number of hydrogen-bond donors (Lipinski definition) is 0. The highest BCUT2D eigenvalue weighted by atomic mass is 35.5. The lowest BCUT2D eigenvalue weighted by molar-refractivity contribution is 0.0737. The Labute approximate surface area is 214 Å². The third-order valence-electron chi connectivity index (χ3n) is 6.14. The third kappa shape index (κ3) is 4.85. The first-order valence-electron chi connectivity index (χ1n) is 11.3. The Morgan fingerprint density at radius 2 is 1.60 bits per heavy atom. The van der Waals surface area contributed by atoms with E-state index in [-0.39, 0.29) is 5.91 Å². The molecule has 1 aromatic heterocycles. The van der Waals surface area contributed by atoms with Gasteiger partial charge in [0, 0.05) is 42.5 Å². The molecule has 0 radical (unpaired) electrons. The van der Waals surface area contributed by atoms with Gasteiger partial charge in [0.15, 0.2) is 0 Å². The molecule has 3 aromatic carbocycles. The maximum absolute atomic E-state index is 13.7. The van der Waals surface area contributed by atoms with Gasteiger partial charge in [-0.25, -0.2) is 4.68 Å². The van der Waals surface area contributed by atoms with E-state index in [0.717, 1.165) is 35.8 Å². The van der Waals surface area contributed by atoms with Crippen molar-refractivity contribution in [2.24, 2.45) is 0 Å². The Bertz CT molecular complexity index is 1350. The van der Waals surface area contributed by atoms with Gasteiger partial charge in [-0.1, -0.05) is 47.5 Å². The highest BCUT2D eigenvalue weighted by molar-refractivity contribution is 6.33. The summed E-state index contributed by atoms with van der Waals surface area (Å²) < 4.78 is 6.97. The topological polar surface area (TPSA) is 50.6 Å². The lowest BCUT2D eigenvalue weighted by Crippen LogP contribution is -2.49. The van der Waals surface area contributed by atoms with Crippen molar-refractivity contribution >= 4 is 34.8 Å². The van der Waals surface area contributed by atoms with Crippen molar-refractivity contribution in [1.29, 1.82) is 0 Å². The van der Waals surface area contributed by atoms with Crippen LogP contribution in [-0.2, 0) is 0 Å². The van der Waals surface area contributed by atoms with E-state index in [2.05, 4.69) is 4.90 Å². The van der Waals surface area contributed by atoms with Crippen LogP contribution in [0, 0.1) is 0 Å². The van der Waals surface area contributed by atoms with Crippen LogP contribution in [-0.4, -0.2) is 53.9 Å². The van der Waals surface area contributed by atoms with Gasteiger partial charge in [0.25, 0.3) is 5.91 Å². The Kier molecular flexibility index (Phi) is 6.66. The first-order valence-corrected chi connectivity index (χ1v) is 12.1.